The zero-order valence-corrected chi connectivity index (χ0v) is 24.9. The van der Waals surface area contributed by atoms with Gasteiger partial charge in [-0.2, -0.15) is 0 Å². The van der Waals surface area contributed by atoms with Gasteiger partial charge in [0.1, 0.15) is 29.5 Å². The summed E-state index contributed by atoms with van der Waals surface area (Å²) in [5.74, 6) is 0. The third kappa shape index (κ3) is 12.9. The van der Waals surface area contributed by atoms with E-state index in [1.54, 1.807) is 6.92 Å². The second-order valence-electron chi connectivity index (χ2n) is 11.4. The summed E-state index contributed by atoms with van der Waals surface area (Å²) in [4.78, 5) is 0. The normalized spacial score (nSPS) is 28.8. The molecule has 1 saturated heterocycles. The van der Waals surface area contributed by atoms with E-state index in [4.69, 9.17) is 24.7 Å². The summed E-state index contributed by atoms with van der Waals surface area (Å²) in [6.07, 6.45) is -0.686. The van der Waals surface area contributed by atoms with Gasteiger partial charge in [0.15, 0.2) is 6.29 Å². The fraction of sp³-hybridized carbons (Fsp3) is 1.00. The van der Waals surface area contributed by atoms with E-state index in [2.05, 4.69) is 16.0 Å². The predicted octanol–water partition coefficient (Wildman–Crippen LogP) is -0.929. The summed E-state index contributed by atoms with van der Waals surface area (Å²) < 4.78 is 23.3. The Morgan fingerprint density at radius 2 is 1.49 bits per heavy atom. The molecule has 12 nitrogen and oxygen atoms in total. The fourth-order valence-electron chi connectivity index (χ4n) is 4.51. The van der Waals surface area contributed by atoms with E-state index < -0.39 is 41.4 Å². The molecule has 0 aliphatic carbocycles. The lowest BCUT2D eigenvalue weighted by Crippen LogP contribution is -2.65. The number of aliphatic hydroxyl groups is 4. The lowest BCUT2D eigenvalue weighted by atomic mass is 9.89. The summed E-state index contributed by atoms with van der Waals surface area (Å²) in [6.45, 7) is 12.9. The second-order valence-corrected chi connectivity index (χ2v) is 11.4. The van der Waals surface area contributed by atoms with Crippen molar-refractivity contribution in [3.8, 4) is 0 Å². The summed E-state index contributed by atoms with van der Waals surface area (Å²) in [7, 11) is 1.46. The minimum absolute atomic E-state index is 0.00522. The zero-order valence-electron chi connectivity index (χ0n) is 24.9. The van der Waals surface area contributed by atoms with Crippen molar-refractivity contribution in [1.29, 1.82) is 0 Å². The van der Waals surface area contributed by atoms with Crippen LogP contribution >= 0.6 is 0 Å². The Balaban J connectivity index is 2.56. The standard InChI is InChI=1S/C27H58N4O8/c1-6-25(2,18-32)39-26(3,17-31-16-10-15-30-13-8-7-12-29-14-9-11-28)19-37-24-22(34)21(33)23(35)27(4,38-24)20-36-5/h21-24,29-35H,6-20,28H2,1-5H3/t21-,22?,23-,24+,25?,26?,27?/m1/s1. The van der Waals surface area contributed by atoms with Crippen LogP contribution in [0.25, 0.3) is 0 Å². The molecule has 0 bridgehead atoms. The highest BCUT2D eigenvalue weighted by Crippen LogP contribution is 2.32. The van der Waals surface area contributed by atoms with Crippen LogP contribution in [0.2, 0.25) is 0 Å². The quantitative estimate of drug-likeness (QED) is 0.0713. The molecule has 12 heteroatoms. The molecule has 1 aliphatic rings. The molecule has 7 atom stereocenters. The highest BCUT2D eigenvalue weighted by atomic mass is 16.7. The van der Waals surface area contributed by atoms with E-state index in [0.29, 0.717) is 13.0 Å². The maximum Gasteiger partial charge on any atom is 0.187 e. The van der Waals surface area contributed by atoms with Gasteiger partial charge in [0.05, 0.1) is 25.4 Å². The van der Waals surface area contributed by atoms with Crippen molar-refractivity contribution in [3.63, 3.8) is 0 Å². The third-order valence-electron chi connectivity index (χ3n) is 7.24. The van der Waals surface area contributed by atoms with Gasteiger partial charge < -0.3 is 61.1 Å². The number of rotatable bonds is 23. The molecule has 234 valence electrons. The molecule has 0 radical (unpaired) electrons. The molecule has 4 unspecified atom stereocenters. The third-order valence-corrected chi connectivity index (χ3v) is 7.24. The van der Waals surface area contributed by atoms with Crippen LogP contribution in [-0.2, 0) is 18.9 Å². The molecule has 1 aliphatic heterocycles. The molecule has 0 spiro atoms. The van der Waals surface area contributed by atoms with Gasteiger partial charge in [0, 0.05) is 13.7 Å². The minimum atomic E-state index is -1.47. The van der Waals surface area contributed by atoms with Crippen molar-refractivity contribution >= 4 is 0 Å². The van der Waals surface area contributed by atoms with Crippen LogP contribution in [0.15, 0.2) is 0 Å². The molecule has 9 N–H and O–H groups in total. The first-order valence-electron chi connectivity index (χ1n) is 14.5. The second kappa shape index (κ2) is 18.9. The number of hydrogen-bond acceptors (Lipinski definition) is 12. The minimum Gasteiger partial charge on any atom is -0.393 e. The van der Waals surface area contributed by atoms with Crippen LogP contribution in [0.3, 0.4) is 0 Å². The number of aliphatic hydroxyl groups excluding tert-OH is 4. The summed E-state index contributed by atoms with van der Waals surface area (Å²) in [5, 5.41) is 51.5. The van der Waals surface area contributed by atoms with Crippen molar-refractivity contribution in [2.75, 3.05) is 72.7 Å². The Hall–Kier alpha value is -0.480. The molecule has 1 heterocycles. The van der Waals surface area contributed by atoms with Crippen molar-refractivity contribution in [2.45, 2.75) is 101 Å². The first-order valence-corrected chi connectivity index (χ1v) is 14.5. The molecule has 1 rings (SSSR count). The molecular weight excluding hydrogens is 508 g/mol. The van der Waals surface area contributed by atoms with Gasteiger partial charge in [0.25, 0.3) is 0 Å². The van der Waals surface area contributed by atoms with E-state index in [1.807, 2.05) is 20.8 Å². The molecule has 0 aromatic rings. The van der Waals surface area contributed by atoms with Crippen LogP contribution < -0.4 is 21.7 Å². The first-order chi connectivity index (χ1) is 18.5. The van der Waals surface area contributed by atoms with Crippen LogP contribution in [0.1, 0.15) is 59.8 Å². The number of ether oxygens (including phenoxy) is 4. The average Bonchev–Trinajstić information content (AvgIpc) is 2.91. The number of methoxy groups -OCH3 is 1. The Kier molecular flexibility index (Phi) is 17.7. The van der Waals surface area contributed by atoms with E-state index in [1.165, 1.54) is 7.11 Å². The summed E-state index contributed by atoms with van der Waals surface area (Å²) in [6, 6.07) is 0. The summed E-state index contributed by atoms with van der Waals surface area (Å²) in [5.41, 5.74) is 2.57. The molecule has 0 amide bonds. The Labute approximate surface area is 235 Å². The average molecular weight is 567 g/mol. The maximum absolute atomic E-state index is 10.5. The number of nitrogens with two attached hydrogens (primary N) is 1. The van der Waals surface area contributed by atoms with Crippen molar-refractivity contribution in [3.05, 3.63) is 0 Å². The molecule has 39 heavy (non-hydrogen) atoms. The van der Waals surface area contributed by atoms with E-state index in [0.717, 1.165) is 65.0 Å². The monoisotopic (exact) mass is 566 g/mol. The van der Waals surface area contributed by atoms with Gasteiger partial charge in [-0.25, -0.2) is 0 Å². The van der Waals surface area contributed by atoms with Crippen molar-refractivity contribution in [1.82, 2.24) is 16.0 Å². The Morgan fingerprint density at radius 3 is 2.05 bits per heavy atom. The van der Waals surface area contributed by atoms with Crippen LogP contribution in [0, 0.1) is 0 Å². The van der Waals surface area contributed by atoms with Gasteiger partial charge in [0.2, 0.25) is 0 Å². The first kappa shape index (κ1) is 36.5. The Morgan fingerprint density at radius 1 is 0.897 bits per heavy atom. The maximum atomic E-state index is 10.5. The topological polar surface area (TPSA) is 180 Å². The fourth-order valence-corrected chi connectivity index (χ4v) is 4.51. The highest BCUT2D eigenvalue weighted by molar-refractivity contribution is 4.98. The van der Waals surface area contributed by atoms with E-state index in [9.17, 15) is 20.4 Å². The number of nitrogens with one attached hydrogen (secondary N) is 3. The van der Waals surface area contributed by atoms with Gasteiger partial charge in [-0.1, -0.05) is 6.92 Å². The molecular formula is C27H58N4O8. The van der Waals surface area contributed by atoms with E-state index >= 15 is 0 Å². The van der Waals surface area contributed by atoms with Gasteiger partial charge in [-0.15, -0.1) is 0 Å². The van der Waals surface area contributed by atoms with Gasteiger partial charge >= 0.3 is 0 Å². The van der Waals surface area contributed by atoms with E-state index in [-0.39, 0.29) is 19.8 Å². The molecule has 0 aromatic carbocycles. The van der Waals surface area contributed by atoms with Crippen LogP contribution in [0.5, 0.6) is 0 Å². The summed E-state index contributed by atoms with van der Waals surface area (Å²) >= 11 is 0. The van der Waals surface area contributed by atoms with Crippen molar-refractivity contribution < 1.29 is 39.4 Å². The molecule has 0 aromatic heterocycles. The lowest BCUT2D eigenvalue weighted by molar-refractivity contribution is -0.342. The van der Waals surface area contributed by atoms with Crippen LogP contribution in [0.4, 0.5) is 0 Å². The number of hydrogen-bond donors (Lipinski definition) is 8. The van der Waals surface area contributed by atoms with Crippen LogP contribution in [-0.4, -0.2) is 135 Å². The zero-order chi connectivity index (χ0) is 29.4. The number of unbranched alkanes of at least 4 members (excludes halogenated alkanes) is 1. The highest BCUT2D eigenvalue weighted by Gasteiger charge is 2.52. The molecule has 1 fully saturated rings. The van der Waals surface area contributed by atoms with Crippen molar-refractivity contribution in [2.24, 2.45) is 5.73 Å². The Bertz CT molecular complexity index is 633. The SMILES string of the molecule is CCC(C)(CO)OC(C)(CNCCCNCCCCNCCCN)CO[C@H]1OC(C)(COC)[C@H](O)[C@H](O)C1O. The smallest absolute Gasteiger partial charge is 0.187 e. The lowest BCUT2D eigenvalue weighted by Gasteiger charge is -2.47. The molecule has 0 saturated carbocycles. The van der Waals surface area contributed by atoms with Gasteiger partial charge in [-0.05, 0) is 92.1 Å². The largest absolute Gasteiger partial charge is 0.393 e. The van der Waals surface area contributed by atoms with Gasteiger partial charge in [-0.3, -0.25) is 0 Å². The predicted molar refractivity (Wildman–Crippen MR) is 151 cm³/mol.